The van der Waals surface area contributed by atoms with Crippen molar-refractivity contribution in [2.24, 2.45) is 0 Å². The summed E-state index contributed by atoms with van der Waals surface area (Å²) in [5.41, 5.74) is 0.921. The van der Waals surface area contributed by atoms with Crippen LogP contribution in [-0.4, -0.2) is 6.54 Å². The van der Waals surface area contributed by atoms with E-state index >= 15 is 0 Å². The molecule has 0 aliphatic carbocycles. The Morgan fingerprint density at radius 1 is 1.50 bits per heavy atom. The van der Waals surface area contributed by atoms with Crippen LogP contribution in [0.3, 0.4) is 0 Å². The van der Waals surface area contributed by atoms with Crippen molar-refractivity contribution in [3.63, 3.8) is 0 Å². The molecule has 0 amide bonds. The normalized spacial score (nSPS) is 11.8. The fourth-order valence-electron chi connectivity index (χ4n) is 1.52. The maximum Gasteiger partial charge on any atom is 0.123 e. The van der Waals surface area contributed by atoms with Gasteiger partial charge in [0.25, 0.3) is 0 Å². The summed E-state index contributed by atoms with van der Waals surface area (Å²) in [6.45, 7) is 4.67. The quantitative estimate of drug-likeness (QED) is 0.832. The van der Waals surface area contributed by atoms with Gasteiger partial charge in [0.1, 0.15) is 5.82 Å². The monoisotopic (exact) mass is 283 g/mol. The van der Waals surface area contributed by atoms with E-state index < -0.39 is 0 Å². The Morgan fingerprint density at radius 2 is 2.25 bits per heavy atom. The first-order chi connectivity index (χ1) is 7.69. The van der Waals surface area contributed by atoms with Crippen LogP contribution < -0.4 is 5.32 Å². The van der Waals surface area contributed by atoms with Crippen LogP contribution in [0.2, 0.25) is 0 Å². The Bertz CT molecular complexity index is 406. The molecule has 1 rings (SSSR count). The Balaban J connectivity index is 2.97. The van der Waals surface area contributed by atoms with Gasteiger partial charge in [0.2, 0.25) is 0 Å². The minimum atomic E-state index is -0.217. The molecule has 1 unspecified atom stereocenters. The number of benzene rings is 1. The minimum absolute atomic E-state index is 0.0718. The lowest BCUT2D eigenvalue weighted by atomic mass is 10.0. The van der Waals surface area contributed by atoms with Crippen molar-refractivity contribution in [1.82, 2.24) is 5.32 Å². The van der Waals surface area contributed by atoms with Gasteiger partial charge in [0.05, 0.1) is 0 Å². The first-order valence-corrected chi connectivity index (χ1v) is 6.06. The van der Waals surface area contributed by atoms with E-state index in [0.717, 1.165) is 16.6 Å². The fourth-order valence-corrected chi connectivity index (χ4v) is 2.05. The molecular formula is C13H15BrFN. The third-order valence-electron chi connectivity index (χ3n) is 2.27. The molecule has 0 heterocycles. The van der Waals surface area contributed by atoms with Gasteiger partial charge in [-0.05, 0) is 37.2 Å². The Morgan fingerprint density at radius 3 is 2.88 bits per heavy atom. The van der Waals surface area contributed by atoms with E-state index in [4.69, 9.17) is 0 Å². The minimum Gasteiger partial charge on any atom is -0.309 e. The molecule has 0 bridgehead atoms. The number of hydrogen-bond donors (Lipinski definition) is 1. The smallest absolute Gasteiger partial charge is 0.123 e. The van der Waals surface area contributed by atoms with Crippen molar-refractivity contribution in [3.8, 4) is 11.8 Å². The second kappa shape index (κ2) is 6.67. The summed E-state index contributed by atoms with van der Waals surface area (Å²) in [6.07, 6.45) is 0.687. The van der Waals surface area contributed by atoms with Crippen molar-refractivity contribution in [2.75, 3.05) is 6.54 Å². The molecule has 0 saturated carbocycles. The fraction of sp³-hybridized carbons (Fsp3) is 0.385. The first-order valence-electron chi connectivity index (χ1n) is 5.27. The van der Waals surface area contributed by atoms with Gasteiger partial charge in [-0.2, -0.15) is 0 Å². The van der Waals surface area contributed by atoms with Gasteiger partial charge >= 0.3 is 0 Å². The maximum absolute atomic E-state index is 13.2. The summed E-state index contributed by atoms with van der Waals surface area (Å²) in [7, 11) is 0. The molecule has 1 aromatic rings. The summed E-state index contributed by atoms with van der Waals surface area (Å²) >= 11 is 3.44. The highest BCUT2D eigenvalue weighted by atomic mass is 79.9. The van der Waals surface area contributed by atoms with Gasteiger partial charge in [-0.25, -0.2) is 4.39 Å². The predicted octanol–water partition coefficient (Wildman–Crippen LogP) is 3.65. The van der Waals surface area contributed by atoms with Crippen molar-refractivity contribution >= 4 is 15.9 Å². The molecule has 1 N–H and O–H groups in total. The summed E-state index contributed by atoms with van der Waals surface area (Å²) in [5.74, 6) is 5.67. The van der Waals surface area contributed by atoms with Gasteiger partial charge in [0, 0.05) is 16.9 Å². The summed E-state index contributed by atoms with van der Waals surface area (Å²) < 4.78 is 14.1. The molecule has 1 nitrogen and oxygen atoms in total. The van der Waals surface area contributed by atoms with E-state index in [1.165, 1.54) is 6.07 Å². The van der Waals surface area contributed by atoms with E-state index in [1.54, 1.807) is 12.1 Å². The largest absolute Gasteiger partial charge is 0.309 e. The standard InChI is InChI=1S/C13H15BrFN/c1-3-5-6-13(16-4-2)11-9-10(15)7-8-12(11)14/h7-9,13,16H,4,6H2,1-2H3. The zero-order valence-electron chi connectivity index (χ0n) is 9.48. The molecule has 0 radical (unpaired) electrons. The van der Waals surface area contributed by atoms with Crippen LogP contribution in [0.5, 0.6) is 0 Å². The van der Waals surface area contributed by atoms with E-state index in [2.05, 4.69) is 33.1 Å². The predicted molar refractivity (Wildman–Crippen MR) is 68.6 cm³/mol. The third kappa shape index (κ3) is 3.62. The molecule has 0 spiro atoms. The van der Waals surface area contributed by atoms with Gasteiger partial charge in [-0.15, -0.1) is 11.8 Å². The van der Waals surface area contributed by atoms with Crippen molar-refractivity contribution in [2.45, 2.75) is 26.3 Å². The van der Waals surface area contributed by atoms with E-state index in [-0.39, 0.29) is 11.9 Å². The topological polar surface area (TPSA) is 12.0 Å². The highest BCUT2D eigenvalue weighted by Crippen LogP contribution is 2.26. The third-order valence-corrected chi connectivity index (χ3v) is 2.99. The number of rotatable bonds is 4. The summed E-state index contributed by atoms with van der Waals surface area (Å²) in [4.78, 5) is 0. The molecule has 0 aromatic heterocycles. The number of halogens is 2. The average molecular weight is 284 g/mol. The van der Waals surface area contributed by atoms with Gasteiger partial charge in [-0.1, -0.05) is 22.9 Å². The van der Waals surface area contributed by atoms with Crippen molar-refractivity contribution < 1.29 is 4.39 Å². The summed E-state index contributed by atoms with van der Waals surface area (Å²) in [6, 6.07) is 4.80. The van der Waals surface area contributed by atoms with Crippen molar-refractivity contribution in [1.29, 1.82) is 0 Å². The first kappa shape index (κ1) is 13.2. The second-order valence-corrected chi connectivity index (χ2v) is 4.26. The lowest BCUT2D eigenvalue weighted by Gasteiger charge is -2.17. The lowest BCUT2D eigenvalue weighted by Crippen LogP contribution is -2.21. The SMILES string of the molecule is CC#CCC(NCC)c1cc(F)ccc1Br. The number of hydrogen-bond acceptors (Lipinski definition) is 1. The molecule has 0 fully saturated rings. The van der Waals surface area contributed by atoms with Gasteiger partial charge in [-0.3, -0.25) is 0 Å². The molecule has 3 heteroatoms. The van der Waals surface area contributed by atoms with Crippen LogP contribution in [0.15, 0.2) is 22.7 Å². The van der Waals surface area contributed by atoms with Crippen LogP contribution in [0.4, 0.5) is 4.39 Å². The number of nitrogens with one attached hydrogen (secondary N) is 1. The molecule has 0 saturated heterocycles. The molecule has 1 aromatic carbocycles. The maximum atomic E-state index is 13.2. The van der Waals surface area contributed by atoms with E-state index in [1.807, 2.05) is 13.8 Å². The molecule has 16 heavy (non-hydrogen) atoms. The van der Waals surface area contributed by atoms with Crippen LogP contribution >= 0.6 is 15.9 Å². The Kier molecular flexibility index (Phi) is 5.51. The zero-order chi connectivity index (χ0) is 12.0. The second-order valence-electron chi connectivity index (χ2n) is 3.41. The van der Waals surface area contributed by atoms with Crippen molar-refractivity contribution in [3.05, 3.63) is 34.1 Å². The molecular weight excluding hydrogens is 269 g/mol. The van der Waals surface area contributed by atoms with Crippen LogP contribution in [0, 0.1) is 17.7 Å². The average Bonchev–Trinajstić information content (AvgIpc) is 2.28. The molecule has 0 aliphatic heterocycles. The molecule has 0 aliphatic rings. The molecule has 86 valence electrons. The van der Waals surface area contributed by atoms with E-state index in [9.17, 15) is 4.39 Å². The summed E-state index contributed by atoms with van der Waals surface area (Å²) in [5, 5.41) is 3.30. The lowest BCUT2D eigenvalue weighted by molar-refractivity contribution is 0.554. The van der Waals surface area contributed by atoms with Gasteiger partial charge in [0.15, 0.2) is 0 Å². The Labute approximate surface area is 105 Å². The van der Waals surface area contributed by atoms with Gasteiger partial charge < -0.3 is 5.32 Å². The Hall–Kier alpha value is -0.850. The zero-order valence-corrected chi connectivity index (χ0v) is 11.1. The van der Waals surface area contributed by atoms with Crippen LogP contribution in [0.1, 0.15) is 31.9 Å². The van der Waals surface area contributed by atoms with Crippen LogP contribution in [0.25, 0.3) is 0 Å². The van der Waals surface area contributed by atoms with Crippen LogP contribution in [-0.2, 0) is 0 Å². The molecule has 1 atom stereocenters. The highest BCUT2D eigenvalue weighted by molar-refractivity contribution is 9.10. The highest BCUT2D eigenvalue weighted by Gasteiger charge is 2.13. The van der Waals surface area contributed by atoms with E-state index in [0.29, 0.717) is 6.42 Å².